The summed E-state index contributed by atoms with van der Waals surface area (Å²) < 4.78 is 42.8. The maximum absolute atomic E-state index is 12.5. The van der Waals surface area contributed by atoms with Gasteiger partial charge in [-0.2, -0.15) is 13.2 Å². The van der Waals surface area contributed by atoms with Crippen molar-refractivity contribution in [2.45, 2.75) is 44.6 Å². The van der Waals surface area contributed by atoms with E-state index in [0.717, 1.165) is 12.1 Å². The number of rotatable bonds is 5. The molecular weight excluding hydrogens is 257 g/mol. The van der Waals surface area contributed by atoms with Gasteiger partial charge in [-0.1, -0.05) is 18.2 Å². The van der Waals surface area contributed by atoms with Crippen LogP contribution >= 0.6 is 0 Å². The molecular formula is C14H19F3O2. The molecule has 0 spiro atoms. The Balaban J connectivity index is 2.72. The molecule has 1 rings (SSSR count). The van der Waals surface area contributed by atoms with Gasteiger partial charge in [0.05, 0.1) is 17.3 Å². The Morgan fingerprint density at radius 1 is 1.26 bits per heavy atom. The number of aliphatic hydroxyl groups is 1. The highest BCUT2D eigenvalue weighted by molar-refractivity contribution is 5.26. The fraction of sp³-hybridized carbons (Fsp3) is 0.571. The van der Waals surface area contributed by atoms with Crippen LogP contribution in [0.3, 0.4) is 0 Å². The lowest BCUT2D eigenvalue weighted by atomic mass is 9.95. The van der Waals surface area contributed by atoms with E-state index in [-0.39, 0.29) is 6.42 Å². The normalized spacial score (nSPS) is 14.5. The van der Waals surface area contributed by atoms with Crippen molar-refractivity contribution in [2.24, 2.45) is 0 Å². The predicted octanol–water partition coefficient (Wildman–Crippen LogP) is 3.42. The minimum absolute atomic E-state index is 0.177. The number of aliphatic hydroxyl groups excluding tert-OH is 1. The SMILES string of the molecule is COC(C)(C)CC(O)Cc1cccc(C(F)(F)F)c1. The van der Waals surface area contributed by atoms with Crippen LogP contribution in [-0.4, -0.2) is 23.9 Å². The Kier molecular flexibility index (Phi) is 4.98. The van der Waals surface area contributed by atoms with E-state index in [2.05, 4.69) is 0 Å². The molecule has 0 aromatic heterocycles. The number of benzene rings is 1. The molecule has 0 saturated heterocycles. The second-order valence-electron chi connectivity index (χ2n) is 5.22. The topological polar surface area (TPSA) is 29.5 Å². The summed E-state index contributed by atoms with van der Waals surface area (Å²) in [6.45, 7) is 3.64. The van der Waals surface area contributed by atoms with E-state index in [4.69, 9.17) is 4.74 Å². The molecule has 5 heteroatoms. The molecule has 1 aromatic carbocycles. The molecule has 1 aromatic rings. The molecule has 1 atom stereocenters. The molecule has 0 saturated carbocycles. The van der Waals surface area contributed by atoms with Crippen molar-refractivity contribution in [3.05, 3.63) is 35.4 Å². The summed E-state index contributed by atoms with van der Waals surface area (Å²) in [7, 11) is 1.54. The summed E-state index contributed by atoms with van der Waals surface area (Å²) in [5.74, 6) is 0. The van der Waals surface area contributed by atoms with Crippen LogP contribution < -0.4 is 0 Å². The van der Waals surface area contributed by atoms with Crippen LogP contribution in [0.4, 0.5) is 13.2 Å². The third kappa shape index (κ3) is 5.20. The van der Waals surface area contributed by atoms with Crippen LogP contribution in [0.1, 0.15) is 31.4 Å². The zero-order chi connectivity index (χ0) is 14.7. The van der Waals surface area contributed by atoms with Gasteiger partial charge in [-0.3, -0.25) is 0 Å². The number of alkyl halides is 3. The van der Waals surface area contributed by atoms with E-state index in [1.165, 1.54) is 13.2 Å². The molecule has 108 valence electrons. The van der Waals surface area contributed by atoms with Gasteiger partial charge in [-0.25, -0.2) is 0 Å². The average Bonchev–Trinajstić information content (AvgIpc) is 2.27. The maximum atomic E-state index is 12.5. The van der Waals surface area contributed by atoms with E-state index in [9.17, 15) is 18.3 Å². The van der Waals surface area contributed by atoms with Gasteiger partial charge in [0.1, 0.15) is 0 Å². The average molecular weight is 276 g/mol. The minimum atomic E-state index is -4.35. The first-order valence-electron chi connectivity index (χ1n) is 6.03. The summed E-state index contributed by atoms with van der Waals surface area (Å²) in [6, 6.07) is 5.03. The van der Waals surface area contributed by atoms with Crippen LogP contribution in [0.15, 0.2) is 24.3 Å². The zero-order valence-corrected chi connectivity index (χ0v) is 11.3. The summed E-state index contributed by atoms with van der Waals surface area (Å²) in [6.07, 6.45) is -4.55. The van der Waals surface area contributed by atoms with Crippen LogP contribution in [0.25, 0.3) is 0 Å². The minimum Gasteiger partial charge on any atom is -0.393 e. The fourth-order valence-corrected chi connectivity index (χ4v) is 1.87. The first-order chi connectivity index (χ1) is 8.64. The summed E-state index contributed by atoms with van der Waals surface area (Å²) >= 11 is 0. The van der Waals surface area contributed by atoms with Crippen molar-refractivity contribution in [2.75, 3.05) is 7.11 Å². The molecule has 0 amide bonds. The standard InChI is InChI=1S/C14H19F3O2/c1-13(2,19-3)9-12(18)8-10-5-4-6-11(7-10)14(15,16)17/h4-7,12,18H,8-9H2,1-3H3. The highest BCUT2D eigenvalue weighted by atomic mass is 19.4. The van der Waals surface area contributed by atoms with Gasteiger partial charge in [-0.05, 0) is 31.9 Å². The first-order valence-corrected chi connectivity index (χ1v) is 6.03. The van der Waals surface area contributed by atoms with Gasteiger partial charge in [0.25, 0.3) is 0 Å². The molecule has 0 fully saturated rings. The largest absolute Gasteiger partial charge is 0.416 e. The van der Waals surface area contributed by atoms with Crippen LogP contribution in [0, 0.1) is 0 Å². The van der Waals surface area contributed by atoms with Gasteiger partial charge >= 0.3 is 6.18 Å². The van der Waals surface area contributed by atoms with E-state index in [1.807, 2.05) is 13.8 Å². The lowest BCUT2D eigenvalue weighted by molar-refractivity contribution is -0.137. The van der Waals surface area contributed by atoms with Gasteiger partial charge in [0.2, 0.25) is 0 Å². The smallest absolute Gasteiger partial charge is 0.393 e. The highest BCUT2D eigenvalue weighted by Crippen LogP contribution is 2.30. The highest BCUT2D eigenvalue weighted by Gasteiger charge is 2.30. The number of halogens is 3. The summed E-state index contributed by atoms with van der Waals surface area (Å²) in [4.78, 5) is 0. The zero-order valence-electron chi connectivity index (χ0n) is 11.3. The molecule has 19 heavy (non-hydrogen) atoms. The fourth-order valence-electron chi connectivity index (χ4n) is 1.87. The van der Waals surface area contributed by atoms with E-state index >= 15 is 0 Å². The van der Waals surface area contributed by atoms with Gasteiger partial charge < -0.3 is 9.84 Å². The molecule has 1 unspecified atom stereocenters. The van der Waals surface area contributed by atoms with E-state index in [1.54, 1.807) is 6.07 Å². The van der Waals surface area contributed by atoms with Gasteiger partial charge in [0.15, 0.2) is 0 Å². The third-order valence-corrected chi connectivity index (χ3v) is 3.01. The molecule has 0 aliphatic heterocycles. The second kappa shape index (κ2) is 5.92. The van der Waals surface area contributed by atoms with Crippen molar-refractivity contribution in [1.82, 2.24) is 0 Å². The molecule has 0 aliphatic rings. The number of hydrogen-bond acceptors (Lipinski definition) is 2. The van der Waals surface area contributed by atoms with Crippen molar-refractivity contribution in [3.63, 3.8) is 0 Å². The Morgan fingerprint density at radius 3 is 2.42 bits per heavy atom. The molecule has 2 nitrogen and oxygen atoms in total. The van der Waals surface area contributed by atoms with Crippen LogP contribution in [-0.2, 0) is 17.3 Å². The molecule has 0 aliphatic carbocycles. The monoisotopic (exact) mass is 276 g/mol. The summed E-state index contributed by atoms with van der Waals surface area (Å²) in [5, 5.41) is 9.90. The Hall–Kier alpha value is -1.07. The van der Waals surface area contributed by atoms with Crippen molar-refractivity contribution >= 4 is 0 Å². The van der Waals surface area contributed by atoms with Gasteiger partial charge in [-0.15, -0.1) is 0 Å². The van der Waals surface area contributed by atoms with Crippen molar-refractivity contribution < 1.29 is 23.0 Å². The summed E-state index contributed by atoms with van der Waals surface area (Å²) in [5.41, 5.74) is -0.724. The van der Waals surface area contributed by atoms with Gasteiger partial charge in [0, 0.05) is 13.5 Å². The Bertz CT molecular complexity index is 413. The molecule has 1 N–H and O–H groups in total. The van der Waals surface area contributed by atoms with E-state index in [0.29, 0.717) is 12.0 Å². The Labute approximate surface area is 111 Å². The Morgan fingerprint density at radius 2 is 1.89 bits per heavy atom. The predicted molar refractivity (Wildman–Crippen MR) is 66.9 cm³/mol. The second-order valence-corrected chi connectivity index (χ2v) is 5.22. The molecule has 0 bridgehead atoms. The van der Waals surface area contributed by atoms with Crippen LogP contribution in [0.2, 0.25) is 0 Å². The maximum Gasteiger partial charge on any atom is 0.416 e. The third-order valence-electron chi connectivity index (χ3n) is 3.01. The van der Waals surface area contributed by atoms with Crippen LogP contribution in [0.5, 0.6) is 0 Å². The number of hydrogen-bond donors (Lipinski definition) is 1. The number of methoxy groups -OCH3 is 1. The lowest BCUT2D eigenvalue weighted by Crippen LogP contribution is -2.29. The quantitative estimate of drug-likeness (QED) is 0.893. The van der Waals surface area contributed by atoms with Crippen molar-refractivity contribution in [3.8, 4) is 0 Å². The van der Waals surface area contributed by atoms with Crippen molar-refractivity contribution in [1.29, 1.82) is 0 Å². The number of ether oxygens (including phenoxy) is 1. The molecule has 0 radical (unpaired) electrons. The first kappa shape index (κ1) is 16.0. The lowest BCUT2D eigenvalue weighted by Gasteiger charge is -2.26. The van der Waals surface area contributed by atoms with E-state index < -0.39 is 23.4 Å². The molecule has 0 heterocycles.